The van der Waals surface area contributed by atoms with Crippen LogP contribution in [-0.2, 0) is 6.54 Å². The molecule has 0 unspecified atom stereocenters. The van der Waals surface area contributed by atoms with Crippen LogP contribution in [0.3, 0.4) is 0 Å². The van der Waals surface area contributed by atoms with Crippen molar-refractivity contribution in [2.45, 2.75) is 13.5 Å². The molecule has 6 heteroatoms. The molecule has 0 atom stereocenters. The molecule has 0 saturated heterocycles. The van der Waals surface area contributed by atoms with Gasteiger partial charge in [-0.1, -0.05) is 11.8 Å². The number of amidine groups is 1. The molecule has 0 aliphatic carbocycles. The molecule has 0 saturated carbocycles. The fraction of sp³-hybridized carbons (Fsp3) is 0.444. The van der Waals surface area contributed by atoms with Crippen LogP contribution >= 0.6 is 23.1 Å². The second kappa shape index (κ2) is 5.73. The zero-order chi connectivity index (χ0) is 11.3. The summed E-state index contributed by atoms with van der Waals surface area (Å²) >= 11 is 3.09. The van der Waals surface area contributed by atoms with Gasteiger partial charge in [0, 0.05) is 11.9 Å². The lowest BCUT2D eigenvalue weighted by Gasteiger charge is -2.17. The third-order valence-corrected chi connectivity index (χ3v) is 3.57. The summed E-state index contributed by atoms with van der Waals surface area (Å²) in [6.07, 6.45) is 3.72. The van der Waals surface area contributed by atoms with Gasteiger partial charge >= 0.3 is 0 Å². The second-order valence-corrected chi connectivity index (χ2v) is 4.63. The van der Waals surface area contributed by atoms with Gasteiger partial charge in [0.2, 0.25) is 6.19 Å². The van der Waals surface area contributed by atoms with E-state index in [-0.39, 0.29) is 0 Å². The van der Waals surface area contributed by atoms with Crippen molar-refractivity contribution in [1.29, 1.82) is 5.26 Å². The minimum Gasteiger partial charge on any atom is -0.348 e. The molecule has 0 spiro atoms. The van der Waals surface area contributed by atoms with Crippen molar-refractivity contribution in [3.05, 3.63) is 16.1 Å². The van der Waals surface area contributed by atoms with Crippen molar-refractivity contribution in [2.24, 2.45) is 4.99 Å². The maximum Gasteiger partial charge on any atom is 0.208 e. The van der Waals surface area contributed by atoms with Crippen LogP contribution in [0.2, 0.25) is 0 Å². The zero-order valence-electron chi connectivity index (χ0n) is 8.89. The zero-order valence-corrected chi connectivity index (χ0v) is 10.5. The molecule has 0 aromatic carbocycles. The van der Waals surface area contributed by atoms with E-state index in [0.29, 0.717) is 0 Å². The minimum absolute atomic E-state index is 0.727. The van der Waals surface area contributed by atoms with E-state index >= 15 is 0 Å². The Labute approximate surface area is 97.7 Å². The van der Waals surface area contributed by atoms with E-state index in [1.807, 2.05) is 36.8 Å². The monoisotopic (exact) mass is 240 g/mol. The molecular weight excluding hydrogens is 228 g/mol. The summed E-state index contributed by atoms with van der Waals surface area (Å²) in [6.45, 7) is 2.73. The summed E-state index contributed by atoms with van der Waals surface area (Å²) in [5.74, 6) is 0. The van der Waals surface area contributed by atoms with Crippen molar-refractivity contribution >= 4 is 28.3 Å². The number of nitrogens with zero attached hydrogens (tertiary/aromatic N) is 4. The lowest BCUT2D eigenvalue weighted by atomic mass is 10.4. The molecule has 0 amide bonds. The number of thiazole rings is 1. The smallest absolute Gasteiger partial charge is 0.208 e. The average molecular weight is 240 g/mol. The van der Waals surface area contributed by atoms with Gasteiger partial charge in [0.25, 0.3) is 0 Å². The fourth-order valence-corrected chi connectivity index (χ4v) is 2.43. The van der Waals surface area contributed by atoms with E-state index < -0.39 is 0 Å². The molecule has 1 aromatic rings. The van der Waals surface area contributed by atoms with E-state index in [9.17, 15) is 0 Å². The molecule has 0 fully saturated rings. The Morgan fingerprint density at radius 3 is 3.00 bits per heavy atom. The highest BCUT2D eigenvalue weighted by molar-refractivity contribution is 8.13. The van der Waals surface area contributed by atoms with Gasteiger partial charge in [-0.15, -0.1) is 16.3 Å². The number of rotatable bonds is 2. The van der Waals surface area contributed by atoms with Crippen molar-refractivity contribution in [3.63, 3.8) is 0 Å². The Kier molecular flexibility index (Phi) is 4.59. The highest BCUT2D eigenvalue weighted by atomic mass is 32.2. The van der Waals surface area contributed by atoms with Crippen LogP contribution in [0.25, 0.3) is 0 Å². The third-order valence-electron chi connectivity index (χ3n) is 1.88. The Morgan fingerprint density at radius 1 is 1.80 bits per heavy atom. The van der Waals surface area contributed by atoms with E-state index in [0.717, 1.165) is 17.4 Å². The Morgan fingerprint density at radius 2 is 2.53 bits per heavy atom. The summed E-state index contributed by atoms with van der Waals surface area (Å²) in [4.78, 5) is 11.1. The number of aromatic nitrogens is 1. The van der Waals surface area contributed by atoms with Gasteiger partial charge in [-0.2, -0.15) is 5.26 Å². The van der Waals surface area contributed by atoms with E-state index in [4.69, 9.17) is 5.26 Å². The molecule has 0 bridgehead atoms. The molecule has 0 radical (unpaired) electrons. The molecule has 0 aliphatic heterocycles. The third kappa shape index (κ3) is 3.22. The first kappa shape index (κ1) is 12.0. The van der Waals surface area contributed by atoms with Crippen molar-refractivity contribution in [2.75, 3.05) is 13.3 Å². The van der Waals surface area contributed by atoms with Crippen LogP contribution in [0.4, 0.5) is 0 Å². The first-order chi connectivity index (χ1) is 7.19. The number of aliphatic imine (C=N–C) groups is 1. The topological polar surface area (TPSA) is 52.3 Å². The predicted molar refractivity (Wildman–Crippen MR) is 64.9 cm³/mol. The molecule has 15 heavy (non-hydrogen) atoms. The normalized spacial score (nSPS) is 11.2. The molecule has 80 valence electrons. The Hall–Kier alpha value is -1.06. The van der Waals surface area contributed by atoms with Gasteiger partial charge in [0.15, 0.2) is 5.17 Å². The number of aryl methyl sites for hydroxylation is 1. The maximum absolute atomic E-state index is 8.51. The Balaban J connectivity index is 2.71. The predicted octanol–water partition coefficient (Wildman–Crippen LogP) is 2.08. The highest BCUT2D eigenvalue weighted by Gasteiger charge is 2.09. The van der Waals surface area contributed by atoms with Crippen molar-refractivity contribution in [1.82, 2.24) is 9.88 Å². The van der Waals surface area contributed by atoms with Crippen molar-refractivity contribution in [3.8, 4) is 6.19 Å². The van der Waals surface area contributed by atoms with Crippen LogP contribution < -0.4 is 0 Å². The van der Waals surface area contributed by atoms with Crippen LogP contribution in [0, 0.1) is 18.4 Å². The van der Waals surface area contributed by atoms with Crippen LogP contribution in [-0.4, -0.2) is 28.4 Å². The van der Waals surface area contributed by atoms with Gasteiger partial charge in [-0.05, 0) is 13.2 Å². The molecule has 1 aromatic heterocycles. The van der Waals surface area contributed by atoms with Crippen LogP contribution in [0.5, 0.6) is 0 Å². The molecule has 1 rings (SSSR count). The van der Waals surface area contributed by atoms with E-state index in [2.05, 4.69) is 9.98 Å². The number of thioether (sulfide) groups is 1. The van der Waals surface area contributed by atoms with Gasteiger partial charge in [-0.3, -0.25) is 0 Å². The van der Waals surface area contributed by atoms with Gasteiger partial charge < -0.3 is 4.90 Å². The standard InChI is InChI=1S/C9H12N4S2/c1-7-8(15-6-12-7)4-13(2)9(14-3)11-5-10/h6H,4H2,1-3H3. The SMILES string of the molecule is CSC(=NC#N)N(C)Cc1scnc1C. The largest absolute Gasteiger partial charge is 0.348 e. The molecule has 0 aliphatic rings. The highest BCUT2D eigenvalue weighted by Crippen LogP contribution is 2.16. The minimum atomic E-state index is 0.727. The summed E-state index contributed by atoms with van der Waals surface area (Å²) in [7, 11) is 1.92. The summed E-state index contributed by atoms with van der Waals surface area (Å²) in [6, 6.07) is 0. The van der Waals surface area contributed by atoms with Gasteiger partial charge in [-0.25, -0.2) is 4.98 Å². The first-order valence-electron chi connectivity index (χ1n) is 4.30. The van der Waals surface area contributed by atoms with Gasteiger partial charge in [0.05, 0.1) is 17.7 Å². The van der Waals surface area contributed by atoms with Crippen molar-refractivity contribution < 1.29 is 0 Å². The van der Waals surface area contributed by atoms with E-state index in [1.165, 1.54) is 16.6 Å². The average Bonchev–Trinajstić information content (AvgIpc) is 2.60. The Bertz CT molecular complexity index is 391. The molecule has 4 nitrogen and oxygen atoms in total. The van der Waals surface area contributed by atoms with Crippen LogP contribution in [0.1, 0.15) is 10.6 Å². The molecular formula is C9H12N4S2. The summed E-state index contributed by atoms with van der Waals surface area (Å²) < 4.78 is 0. The lowest BCUT2D eigenvalue weighted by molar-refractivity contribution is 0.514. The molecule has 1 heterocycles. The second-order valence-electron chi connectivity index (χ2n) is 2.92. The number of nitriles is 1. The lowest BCUT2D eigenvalue weighted by Crippen LogP contribution is -2.23. The number of hydrogen-bond donors (Lipinski definition) is 0. The molecule has 0 N–H and O–H groups in total. The van der Waals surface area contributed by atoms with E-state index in [1.54, 1.807) is 11.3 Å². The fourth-order valence-electron chi connectivity index (χ4n) is 1.09. The maximum atomic E-state index is 8.51. The van der Waals surface area contributed by atoms with Crippen LogP contribution in [0.15, 0.2) is 10.5 Å². The van der Waals surface area contributed by atoms with Gasteiger partial charge in [0.1, 0.15) is 0 Å². The number of hydrogen-bond acceptors (Lipinski definition) is 5. The summed E-state index contributed by atoms with van der Waals surface area (Å²) in [5.41, 5.74) is 2.88. The first-order valence-corrected chi connectivity index (χ1v) is 6.40. The quantitative estimate of drug-likeness (QED) is 0.451. The summed E-state index contributed by atoms with van der Waals surface area (Å²) in [5, 5.41) is 9.24.